The first-order chi connectivity index (χ1) is 16.3. The van der Waals surface area contributed by atoms with Gasteiger partial charge in [-0.1, -0.05) is 6.42 Å². The van der Waals surface area contributed by atoms with Crippen molar-refractivity contribution in [2.45, 2.75) is 63.6 Å². The summed E-state index contributed by atoms with van der Waals surface area (Å²) in [5.74, 6) is -2.45. The second-order valence-corrected chi connectivity index (χ2v) is 9.69. The van der Waals surface area contributed by atoms with Crippen LogP contribution < -0.4 is 4.90 Å². The Balaban J connectivity index is 1.70. The topological polar surface area (TPSA) is 78.6 Å². The van der Waals surface area contributed by atoms with Crippen molar-refractivity contribution >= 4 is 22.7 Å². The SMILES string of the molecule is CC1CCc2c(ccc3c2nc(C(O)c2cc(F)ccc2F)n3C2CCCC(C(=O)O)C2)N1C. The van der Waals surface area contributed by atoms with Gasteiger partial charge in [0.1, 0.15) is 23.6 Å². The Morgan fingerprint density at radius 1 is 1.18 bits per heavy atom. The number of carboxylic acid groups (broad SMARTS) is 1. The molecule has 0 bridgehead atoms. The van der Waals surface area contributed by atoms with Crippen LogP contribution in [0.3, 0.4) is 0 Å². The van der Waals surface area contributed by atoms with Gasteiger partial charge in [-0.25, -0.2) is 13.8 Å². The maximum Gasteiger partial charge on any atom is 0.306 e. The second-order valence-electron chi connectivity index (χ2n) is 9.69. The highest BCUT2D eigenvalue weighted by Gasteiger charge is 2.34. The minimum absolute atomic E-state index is 0.179. The van der Waals surface area contributed by atoms with E-state index in [4.69, 9.17) is 4.98 Å². The molecule has 1 aliphatic heterocycles. The van der Waals surface area contributed by atoms with Crippen molar-refractivity contribution in [2.24, 2.45) is 5.92 Å². The molecule has 0 spiro atoms. The third-order valence-corrected chi connectivity index (χ3v) is 7.68. The summed E-state index contributed by atoms with van der Waals surface area (Å²) >= 11 is 0. The van der Waals surface area contributed by atoms with Gasteiger partial charge < -0.3 is 19.7 Å². The lowest BCUT2D eigenvalue weighted by Gasteiger charge is -2.34. The van der Waals surface area contributed by atoms with E-state index in [0.29, 0.717) is 18.9 Å². The molecule has 34 heavy (non-hydrogen) atoms. The molecule has 2 aromatic carbocycles. The number of aliphatic carboxylic acids is 1. The summed E-state index contributed by atoms with van der Waals surface area (Å²) in [6.07, 6.45) is 2.76. The van der Waals surface area contributed by atoms with Gasteiger partial charge in [0.15, 0.2) is 0 Å². The molecule has 1 saturated carbocycles. The molecule has 1 aromatic heterocycles. The van der Waals surface area contributed by atoms with Crippen LogP contribution in [-0.4, -0.2) is 38.8 Å². The van der Waals surface area contributed by atoms with Crippen LogP contribution >= 0.6 is 0 Å². The summed E-state index contributed by atoms with van der Waals surface area (Å²) in [5.41, 5.74) is 3.49. The zero-order valence-electron chi connectivity index (χ0n) is 19.3. The smallest absolute Gasteiger partial charge is 0.306 e. The van der Waals surface area contributed by atoms with Gasteiger partial charge in [0, 0.05) is 35.9 Å². The van der Waals surface area contributed by atoms with Gasteiger partial charge in [-0.2, -0.15) is 0 Å². The summed E-state index contributed by atoms with van der Waals surface area (Å²) in [6.45, 7) is 2.17. The van der Waals surface area contributed by atoms with Crippen molar-refractivity contribution in [3.8, 4) is 0 Å². The van der Waals surface area contributed by atoms with Gasteiger partial charge in [0.05, 0.1) is 17.0 Å². The Morgan fingerprint density at radius 2 is 1.97 bits per heavy atom. The standard InChI is InChI=1S/C26H29F2N3O3/c1-14-6-8-18-21(30(14)2)10-11-22-23(18)29-25(24(32)19-13-16(27)7-9-20(19)28)31(22)17-5-3-4-15(12-17)26(33)34/h7,9-11,13-15,17,24,32H,3-6,8,12H2,1-2H3,(H,33,34). The van der Waals surface area contributed by atoms with Gasteiger partial charge >= 0.3 is 5.97 Å². The van der Waals surface area contributed by atoms with Crippen LogP contribution in [0.1, 0.15) is 68.1 Å². The summed E-state index contributed by atoms with van der Waals surface area (Å²) in [7, 11) is 2.04. The van der Waals surface area contributed by atoms with E-state index in [9.17, 15) is 23.8 Å². The third-order valence-electron chi connectivity index (χ3n) is 7.68. The van der Waals surface area contributed by atoms with Crippen molar-refractivity contribution in [3.05, 3.63) is 58.9 Å². The van der Waals surface area contributed by atoms with Crippen molar-refractivity contribution in [1.82, 2.24) is 9.55 Å². The Labute approximate surface area is 196 Å². The zero-order valence-corrected chi connectivity index (χ0v) is 19.3. The Kier molecular flexibility index (Phi) is 5.80. The lowest BCUT2D eigenvalue weighted by Crippen LogP contribution is -2.33. The Morgan fingerprint density at radius 3 is 2.74 bits per heavy atom. The minimum Gasteiger partial charge on any atom is -0.481 e. The fourth-order valence-electron chi connectivity index (χ4n) is 5.65. The molecule has 2 aliphatic rings. The van der Waals surface area contributed by atoms with Gasteiger partial charge in [0.25, 0.3) is 0 Å². The number of nitrogens with zero attached hydrogens (tertiary/aromatic N) is 3. The van der Waals surface area contributed by atoms with Crippen LogP contribution in [0.2, 0.25) is 0 Å². The lowest BCUT2D eigenvalue weighted by atomic mass is 9.85. The van der Waals surface area contributed by atoms with E-state index in [0.717, 1.165) is 66.2 Å². The average Bonchev–Trinajstić information content (AvgIpc) is 3.22. The number of anilines is 1. The number of aliphatic hydroxyl groups is 1. The molecule has 5 rings (SSSR count). The summed E-state index contributed by atoms with van der Waals surface area (Å²) in [6, 6.07) is 7.18. The third kappa shape index (κ3) is 3.74. The molecule has 180 valence electrons. The molecule has 8 heteroatoms. The molecular formula is C26H29F2N3O3. The number of benzene rings is 2. The molecular weight excluding hydrogens is 440 g/mol. The molecule has 4 unspecified atom stereocenters. The van der Waals surface area contributed by atoms with E-state index in [1.807, 2.05) is 23.7 Å². The minimum atomic E-state index is -1.48. The monoisotopic (exact) mass is 469 g/mol. The van der Waals surface area contributed by atoms with Crippen LogP contribution in [0, 0.1) is 17.6 Å². The Bertz CT molecular complexity index is 1260. The number of hydrogen-bond acceptors (Lipinski definition) is 4. The highest BCUT2D eigenvalue weighted by atomic mass is 19.1. The lowest BCUT2D eigenvalue weighted by molar-refractivity contribution is -0.143. The second kappa shape index (κ2) is 8.65. The van der Waals surface area contributed by atoms with Crippen molar-refractivity contribution in [3.63, 3.8) is 0 Å². The van der Waals surface area contributed by atoms with E-state index in [-0.39, 0.29) is 17.4 Å². The van der Waals surface area contributed by atoms with Gasteiger partial charge in [-0.15, -0.1) is 0 Å². The first kappa shape index (κ1) is 22.8. The number of fused-ring (bicyclic) bond motifs is 3. The highest BCUT2D eigenvalue weighted by molar-refractivity contribution is 5.86. The van der Waals surface area contributed by atoms with Crippen molar-refractivity contribution in [1.29, 1.82) is 0 Å². The normalized spacial score (nSPS) is 23.7. The quantitative estimate of drug-likeness (QED) is 0.563. The van der Waals surface area contributed by atoms with E-state index in [2.05, 4.69) is 11.8 Å². The number of aromatic nitrogens is 2. The summed E-state index contributed by atoms with van der Waals surface area (Å²) in [5, 5.41) is 20.9. The zero-order chi connectivity index (χ0) is 24.1. The van der Waals surface area contributed by atoms with Crippen LogP contribution in [-0.2, 0) is 11.2 Å². The fraction of sp³-hybridized carbons (Fsp3) is 0.462. The van der Waals surface area contributed by atoms with Crippen LogP contribution in [0.4, 0.5) is 14.5 Å². The molecule has 4 atom stereocenters. The predicted molar refractivity (Wildman–Crippen MR) is 125 cm³/mol. The molecule has 0 radical (unpaired) electrons. The molecule has 2 N–H and O–H groups in total. The number of rotatable bonds is 4. The summed E-state index contributed by atoms with van der Waals surface area (Å²) < 4.78 is 30.5. The van der Waals surface area contributed by atoms with Crippen LogP contribution in [0.25, 0.3) is 11.0 Å². The van der Waals surface area contributed by atoms with E-state index in [1.165, 1.54) is 0 Å². The molecule has 6 nitrogen and oxygen atoms in total. The molecule has 1 aliphatic carbocycles. The largest absolute Gasteiger partial charge is 0.481 e. The number of carbonyl (C=O) groups is 1. The number of imidazole rings is 1. The number of halogens is 2. The van der Waals surface area contributed by atoms with E-state index < -0.39 is 29.6 Å². The van der Waals surface area contributed by atoms with Gasteiger partial charge in [0.2, 0.25) is 0 Å². The maximum atomic E-state index is 14.6. The van der Waals surface area contributed by atoms with E-state index in [1.54, 1.807) is 0 Å². The molecule has 0 saturated heterocycles. The predicted octanol–water partition coefficient (Wildman–Crippen LogP) is 4.98. The van der Waals surface area contributed by atoms with Gasteiger partial charge in [-0.3, -0.25) is 4.79 Å². The Hall–Kier alpha value is -3.00. The molecule has 1 fully saturated rings. The maximum absolute atomic E-state index is 14.6. The summed E-state index contributed by atoms with van der Waals surface area (Å²) in [4.78, 5) is 18.8. The van der Waals surface area contributed by atoms with Crippen LogP contribution in [0.15, 0.2) is 30.3 Å². The van der Waals surface area contributed by atoms with Crippen molar-refractivity contribution < 1.29 is 23.8 Å². The molecule has 3 aromatic rings. The first-order valence-electron chi connectivity index (χ1n) is 11.9. The number of hydrogen-bond donors (Lipinski definition) is 2. The van der Waals surface area contributed by atoms with Gasteiger partial charge in [-0.05, 0) is 69.4 Å². The number of aryl methyl sites for hydroxylation is 1. The molecule has 0 amide bonds. The fourth-order valence-corrected chi connectivity index (χ4v) is 5.65. The number of aliphatic hydroxyl groups excluding tert-OH is 1. The number of carboxylic acids is 1. The van der Waals surface area contributed by atoms with Crippen LogP contribution in [0.5, 0.6) is 0 Å². The van der Waals surface area contributed by atoms with Crippen molar-refractivity contribution in [2.75, 3.05) is 11.9 Å². The molecule has 2 heterocycles. The average molecular weight is 470 g/mol. The first-order valence-corrected chi connectivity index (χ1v) is 11.9. The van der Waals surface area contributed by atoms with E-state index >= 15 is 0 Å². The highest BCUT2D eigenvalue weighted by Crippen LogP contribution is 2.42.